The van der Waals surface area contributed by atoms with Gasteiger partial charge < -0.3 is 9.73 Å². The molecule has 3 rings (SSSR count). The summed E-state index contributed by atoms with van der Waals surface area (Å²) >= 11 is 0. The number of aromatic nitrogens is 3. The van der Waals surface area contributed by atoms with Crippen LogP contribution >= 0.6 is 0 Å². The Morgan fingerprint density at radius 2 is 2.27 bits per heavy atom. The van der Waals surface area contributed by atoms with Gasteiger partial charge in [-0.3, -0.25) is 15.2 Å². The highest BCUT2D eigenvalue weighted by atomic mass is 16.6. The van der Waals surface area contributed by atoms with Crippen LogP contribution in [-0.2, 0) is 6.54 Å². The highest BCUT2D eigenvalue weighted by molar-refractivity contribution is 5.62. The number of aromatic amines is 1. The summed E-state index contributed by atoms with van der Waals surface area (Å²) in [6, 6.07) is 8.52. The van der Waals surface area contributed by atoms with Crippen molar-refractivity contribution in [1.82, 2.24) is 15.2 Å². The van der Waals surface area contributed by atoms with E-state index in [4.69, 9.17) is 4.42 Å². The van der Waals surface area contributed by atoms with Gasteiger partial charge in [0.2, 0.25) is 5.82 Å². The van der Waals surface area contributed by atoms with Gasteiger partial charge in [-0.1, -0.05) is 6.07 Å². The van der Waals surface area contributed by atoms with E-state index in [1.165, 1.54) is 6.07 Å². The Balaban J connectivity index is 1.74. The smallest absolute Gasteiger partial charge is 0.292 e. The van der Waals surface area contributed by atoms with Gasteiger partial charge >= 0.3 is 0 Å². The van der Waals surface area contributed by atoms with Crippen LogP contribution in [0.4, 0.5) is 11.4 Å². The molecule has 0 saturated heterocycles. The molecule has 0 aliphatic heterocycles. The number of furan rings is 1. The van der Waals surface area contributed by atoms with Crippen molar-refractivity contribution in [2.75, 3.05) is 5.32 Å². The third kappa shape index (κ3) is 2.80. The summed E-state index contributed by atoms with van der Waals surface area (Å²) < 4.78 is 5.20. The topological polar surface area (TPSA) is 110 Å². The monoisotopic (exact) mass is 299 g/mol. The fourth-order valence-corrected chi connectivity index (χ4v) is 2.01. The minimum Gasteiger partial charge on any atom is -0.461 e. The molecule has 2 N–H and O–H groups in total. The first-order chi connectivity index (χ1) is 10.6. The van der Waals surface area contributed by atoms with Crippen molar-refractivity contribution in [2.24, 2.45) is 0 Å². The molecule has 0 fully saturated rings. The highest BCUT2D eigenvalue weighted by Crippen LogP contribution is 2.25. The minimum absolute atomic E-state index is 0.0331. The Morgan fingerprint density at radius 3 is 3.00 bits per heavy atom. The van der Waals surface area contributed by atoms with Crippen molar-refractivity contribution in [3.8, 4) is 11.6 Å². The van der Waals surface area contributed by atoms with Gasteiger partial charge in [0.25, 0.3) is 5.69 Å². The maximum atomic E-state index is 11.1. The Hall–Kier alpha value is -3.16. The summed E-state index contributed by atoms with van der Waals surface area (Å²) in [5, 5.41) is 20.9. The van der Waals surface area contributed by atoms with Crippen LogP contribution in [0.5, 0.6) is 0 Å². The molecule has 8 heteroatoms. The van der Waals surface area contributed by atoms with Crippen LogP contribution in [0.25, 0.3) is 11.6 Å². The van der Waals surface area contributed by atoms with E-state index in [1.54, 1.807) is 24.5 Å². The lowest BCUT2D eigenvalue weighted by molar-refractivity contribution is -0.384. The molecule has 112 valence electrons. The Bertz CT molecular complexity index is 795. The molecule has 0 saturated carbocycles. The third-order valence-corrected chi connectivity index (χ3v) is 3.07. The lowest BCUT2D eigenvalue weighted by Crippen LogP contribution is -2.04. The second-order valence-electron chi connectivity index (χ2n) is 4.71. The van der Waals surface area contributed by atoms with E-state index in [0.717, 1.165) is 5.56 Å². The summed E-state index contributed by atoms with van der Waals surface area (Å²) in [4.78, 5) is 14.9. The summed E-state index contributed by atoms with van der Waals surface area (Å²) in [5.41, 5.74) is 1.30. The number of nitrogens with zero attached hydrogens (tertiary/aromatic N) is 3. The van der Waals surface area contributed by atoms with Crippen LogP contribution in [0, 0.1) is 17.0 Å². The first kappa shape index (κ1) is 13.8. The second-order valence-corrected chi connectivity index (χ2v) is 4.71. The minimum atomic E-state index is -0.413. The highest BCUT2D eigenvalue weighted by Gasteiger charge is 2.14. The Morgan fingerprint density at radius 1 is 1.41 bits per heavy atom. The van der Waals surface area contributed by atoms with Crippen LogP contribution in [0.15, 0.2) is 41.0 Å². The molecule has 3 aromatic rings. The molecule has 0 spiro atoms. The molecule has 2 heterocycles. The van der Waals surface area contributed by atoms with Gasteiger partial charge in [-0.2, -0.15) is 0 Å². The zero-order valence-electron chi connectivity index (χ0n) is 11.7. The molecule has 0 amide bonds. The van der Waals surface area contributed by atoms with Crippen LogP contribution in [-0.4, -0.2) is 20.1 Å². The third-order valence-electron chi connectivity index (χ3n) is 3.07. The fourth-order valence-electron chi connectivity index (χ4n) is 2.01. The van der Waals surface area contributed by atoms with Crippen molar-refractivity contribution in [2.45, 2.75) is 13.5 Å². The molecule has 0 aliphatic rings. The molecule has 22 heavy (non-hydrogen) atoms. The quantitative estimate of drug-likeness (QED) is 0.553. The number of benzene rings is 1. The van der Waals surface area contributed by atoms with E-state index in [9.17, 15) is 10.1 Å². The van der Waals surface area contributed by atoms with Crippen LogP contribution in [0.1, 0.15) is 11.4 Å². The molecule has 0 aliphatic carbocycles. The average molecular weight is 299 g/mol. The van der Waals surface area contributed by atoms with Crippen molar-refractivity contribution >= 4 is 11.4 Å². The summed E-state index contributed by atoms with van der Waals surface area (Å²) in [7, 11) is 0. The molecule has 0 radical (unpaired) electrons. The average Bonchev–Trinajstić information content (AvgIpc) is 3.16. The molecule has 0 bridgehead atoms. The molecular weight excluding hydrogens is 286 g/mol. The normalized spacial score (nSPS) is 10.6. The van der Waals surface area contributed by atoms with Gasteiger partial charge in [0.1, 0.15) is 11.5 Å². The predicted molar refractivity (Wildman–Crippen MR) is 79.2 cm³/mol. The van der Waals surface area contributed by atoms with Crippen molar-refractivity contribution in [3.05, 3.63) is 58.1 Å². The molecule has 8 nitrogen and oxygen atoms in total. The number of aryl methyl sites for hydroxylation is 1. The fraction of sp³-hybridized carbons (Fsp3) is 0.143. The van der Waals surface area contributed by atoms with E-state index in [-0.39, 0.29) is 12.2 Å². The summed E-state index contributed by atoms with van der Waals surface area (Å²) in [5.74, 6) is 1.56. The van der Waals surface area contributed by atoms with Gasteiger partial charge in [-0.15, -0.1) is 5.10 Å². The lowest BCUT2D eigenvalue weighted by Gasteiger charge is -2.05. The van der Waals surface area contributed by atoms with Crippen molar-refractivity contribution in [3.63, 3.8) is 0 Å². The number of hydrogen-bond acceptors (Lipinski definition) is 6. The maximum absolute atomic E-state index is 11.1. The van der Waals surface area contributed by atoms with Gasteiger partial charge in [0.05, 0.1) is 17.7 Å². The van der Waals surface area contributed by atoms with Crippen LogP contribution in [0.3, 0.4) is 0 Å². The van der Waals surface area contributed by atoms with Gasteiger partial charge in [-0.25, -0.2) is 4.98 Å². The van der Waals surface area contributed by atoms with E-state index >= 15 is 0 Å². The molecular formula is C14H13N5O3. The second kappa shape index (κ2) is 5.68. The predicted octanol–water partition coefficient (Wildman–Crippen LogP) is 2.89. The number of H-pyrrole nitrogens is 1. The lowest BCUT2D eigenvalue weighted by atomic mass is 10.2. The number of rotatable bonds is 5. The number of hydrogen-bond donors (Lipinski definition) is 2. The SMILES string of the molecule is Cc1ccc(NCc2nc(-c3ccco3)n[nH]2)c([N+](=O)[O-])c1. The van der Waals surface area contributed by atoms with E-state index in [2.05, 4.69) is 20.5 Å². The van der Waals surface area contributed by atoms with Crippen LogP contribution in [0.2, 0.25) is 0 Å². The summed E-state index contributed by atoms with van der Waals surface area (Å²) in [6.07, 6.45) is 1.54. The molecule has 1 aromatic carbocycles. The number of nitro benzene ring substituents is 1. The zero-order valence-corrected chi connectivity index (χ0v) is 11.7. The van der Waals surface area contributed by atoms with Crippen molar-refractivity contribution in [1.29, 1.82) is 0 Å². The standard InChI is InChI=1S/C14H13N5O3/c1-9-4-5-10(11(7-9)19(20)21)15-8-13-16-14(18-17-13)12-3-2-6-22-12/h2-7,15H,8H2,1H3,(H,16,17,18). The largest absolute Gasteiger partial charge is 0.461 e. The Labute approximate surface area is 125 Å². The Kier molecular flexibility index (Phi) is 3.57. The first-order valence-corrected chi connectivity index (χ1v) is 6.57. The number of anilines is 1. The van der Waals surface area contributed by atoms with Crippen molar-refractivity contribution < 1.29 is 9.34 Å². The molecule has 0 unspecified atom stereocenters. The van der Waals surface area contributed by atoms with E-state index in [0.29, 0.717) is 23.1 Å². The van der Waals surface area contributed by atoms with Gasteiger partial charge in [0, 0.05) is 6.07 Å². The first-order valence-electron chi connectivity index (χ1n) is 6.57. The summed E-state index contributed by atoms with van der Waals surface area (Å²) in [6.45, 7) is 2.10. The van der Waals surface area contributed by atoms with Gasteiger partial charge in [0.15, 0.2) is 5.76 Å². The number of nitrogens with one attached hydrogen (secondary N) is 2. The van der Waals surface area contributed by atoms with Gasteiger partial charge in [-0.05, 0) is 30.7 Å². The zero-order chi connectivity index (χ0) is 15.5. The maximum Gasteiger partial charge on any atom is 0.292 e. The molecule has 0 atom stereocenters. The van der Waals surface area contributed by atoms with Crippen LogP contribution < -0.4 is 5.32 Å². The van der Waals surface area contributed by atoms with E-state index < -0.39 is 4.92 Å². The number of nitro groups is 1. The van der Waals surface area contributed by atoms with E-state index in [1.807, 2.05) is 13.0 Å². The molecule has 2 aromatic heterocycles.